The summed E-state index contributed by atoms with van der Waals surface area (Å²) < 4.78 is 25.3. The van der Waals surface area contributed by atoms with Gasteiger partial charge < -0.3 is 15.2 Å². The molecule has 0 amide bonds. The van der Waals surface area contributed by atoms with Gasteiger partial charge in [0.15, 0.2) is 0 Å². The summed E-state index contributed by atoms with van der Waals surface area (Å²) >= 11 is 0. The highest BCUT2D eigenvalue weighted by Gasteiger charge is 2.26. The second-order valence-electron chi connectivity index (χ2n) is 4.96. The second kappa shape index (κ2) is 6.98. The molecular formula is C15H22FNO2. The summed E-state index contributed by atoms with van der Waals surface area (Å²) in [6, 6.07) is 6.52. The van der Waals surface area contributed by atoms with Crippen molar-refractivity contribution in [2.24, 2.45) is 5.73 Å². The van der Waals surface area contributed by atoms with Gasteiger partial charge in [-0.15, -0.1) is 0 Å². The van der Waals surface area contributed by atoms with E-state index in [4.69, 9.17) is 15.2 Å². The molecule has 0 spiro atoms. The molecule has 1 fully saturated rings. The van der Waals surface area contributed by atoms with Crippen LogP contribution in [0.3, 0.4) is 0 Å². The first kappa shape index (κ1) is 14.4. The quantitative estimate of drug-likeness (QED) is 0.892. The minimum absolute atomic E-state index is 0.107. The molecule has 0 saturated carbocycles. The van der Waals surface area contributed by atoms with Crippen molar-refractivity contribution in [3.05, 3.63) is 35.6 Å². The first-order chi connectivity index (χ1) is 9.22. The van der Waals surface area contributed by atoms with Crippen LogP contribution in [0.4, 0.5) is 4.39 Å². The zero-order chi connectivity index (χ0) is 13.7. The van der Waals surface area contributed by atoms with Crippen molar-refractivity contribution in [2.75, 3.05) is 13.2 Å². The monoisotopic (exact) mass is 267 g/mol. The van der Waals surface area contributed by atoms with Gasteiger partial charge >= 0.3 is 0 Å². The Morgan fingerprint density at radius 3 is 2.68 bits per heavy atom. The minimum Gasteiger partial charge on any atom is -0.381 e. The van der Waals surface area contributed by atoms with Crippen LogP contribution in [-0.4, -0.2) is 25.4 Å². The highest BCUT2D eigenvalue weighted by molar-refractivity contribution is 5.21. The Bertz CT molecular complexity index is 393. The lowest BCUT2D eigenvalue weighted by molar-refractivity contribution is -0.0787. The lowest BCUT2D eigenvalue weighted by Crippen LogP contribution is -2.35. The lowest BCUT2D eigenvalue weighted by Gasteiger charge is -2.31. The van der Waals surface area contributed by atoms with E-state index in [-0.39, 0.29) is 24.1 Å². The summed E-state index contributed by atoms with van der Waals surface area (Å²) in [5, 5.41) is 0. The van der Waals surface area contributed by atoms with Crippen LogP contribution in [0.15, 0.2) is 24.3 Å². The zero-order valence-electron chi connectivity index (χ0n) is 11.3. The number of rotatable bonds is 5. The summed E-state index contributed by atoms with van der Waals surface area (Å²) in [6.07, 6.45) is 2.18. The molecule has 1 aromatic rings. The van der Waals surface area contributed by atoms with E-state index in [0.717, 1.165) is 19.3 Å². The SMILES string of the molecule is CCC(N)C(OC1CCOCC1)c1ccccc1F. The van der Waals surface area contributed by atoms with Crippen LogP contribution in [0, 0.1) is 5.82 Å². The Morgan fingerprint density at radius 1 is 1.37 bits per heavy atom. The molecule has 1 aliphatic heterocycles. The maximum Gasteiger partial charge on any atom is 0.129 e. The molecule has 0 aliphatic carbocycles. The largest absolute Gasteiger partial charge is 0.381 e. The van der Waals surface area contributed by atoms with Gasteiger partial charge in [-0.1, -0.05) is 25.1 Å². The number of halogens is 1. The number of benzene rings is 1. The predicted molar refractivity (Wildman–Crippen MR) is 72.3 cm³/mol. The molecule has 0 radical (unpaired) electrons. The maximum absolute atomic E-state index is 13.9. The fourth-order valence-electron chi connectivity index (χ4n) is 2.34. The standard InChI is InChI=1S/C15H22FNO2/c1-2-14(17)15(12-5-3-4-6-13(12)16)19-11-7-9-18-10-8-11/h3-6,11,14-15H,2,7-10,17H2,1H3. The fraction of sp³-hybridized carbons (Fsp3) is 0.600. The first-order valence-electron chi connectivity index (χ1n) is 6.95. The van der Waals surface area contributed by atoms with Crippen LogP contribution in [-0.2, 0) is 9.47 Å². The van der Waals surface area contributed by atoms with Crippen molar-refractivity contribution in [1.82, 2.24) is 0 Å². The van der Waals surface area contributed by atoms with E-state index >= 15 is 0 Å². The molecule has 0 aromatic heterocycles. The van der Waals surface area contributed by atoms with Gasteiger partial charge in [-0.25, -0.2) is 4.39 Å². The van der Waals surface area contributed by atoms with Gasteiger partial charge in [-0.3, -0.25) is 0 Å². The Labute approximate surface area is 113 Å². The minimum atomic E-state index is -0.380. The topological polar surface area (TPSA) is 44.5 Å². The van der Waals surface area contributed by atoms with Crippen molar-refractivity contribution in [3.8, 4) is 0 Å². The summed E-state index contributed by atoms with van der Waals surface area (Å²) in [4.78, 5) is 0. The molecule has 1 saturated heterocycles. The molecule has 19 heavy (non-hydrogen) atoms. The summed E-state index contributed by atoms with van der Waals surface area (Å²) in [7, 11) is 0. The average molecular weight is 267 g/mol. The van der Waals surface area contributed by atoms with Gasteiger partial charge in [0.05, 0.1) is 6.10 Å². The third-order valence-electron chi connectivity index (χ3n) is 3.58. The molecule has 4 heteroatoms. The molecule has 2 N–H and O–H groups in total. The first-order valence-corrected chi connectivity index (χ1v) is 6.95. The van der Waals surface area contributed by atoms with E-state index in [9.17, 15) is 4.39 Å². The second-order valence-corrected chi connectivity index (χ2v) is 4.96. The molecule has 3 nitrogen and oxygen atoms in total. The van der Waals surface area contributed by atoms with Crippen LogP contribution < -0.4 is 5.73 Å². The molecule has 1 heterocycles. The van der Waals surface area contributed by atoms with Gasteiger partial charge in [0.25, 0.3) is 0 Å². The lowest BCUT2D eigenvalue weighted by atomic mass is 9.99. The number of nitrogens with two attached hydrogens (primary N) is 1. The van der Waals surface area contributed by atoms with Crippen molar-refractivity contribution >= 4 is 0 Å². The van der Waals surface area contributed by atoms with E-state index in [1.54, 1.807) is 12.1 Å². The third kappa shape index (κ3) is 3.75. The normalized spacial score (nSPS) is 20.2. The smallest absolute Gasteiger partial charge is 0.129 e. The number of hydrogen-bond donors (Lipinski definition) is 1. The molecule has 1 aromatic carbocycles. The molecule has 2 atom stereocenters. The van der Waals surface area contributed by atoms with E-state index in [2.05, 4.69) is 0 Å². The Morgan fingerprint density at radius 2 is 2.05 bits per heavy atom. The van der Waals surface area contributed by atoms with Crippen LogP contribution >= 0.6 is 0 Å². The van der Waals surface area contributed by atoms with Gasteiger partial charge in [0.1, 0.15) is 11.9 Å². The van der Waals surface area contributed by atoms with Gasteiger partial charge in [-0.05, 0) is 25.3 Å². The molecule has 0 bridgehead atoms. The number of ether oxygens (including phenoxy) is 2. The molecule has 1 aliphatic rings. The van der Waals surface area contributed by atoms with Gasteiger partial charge in [0, 0.05) is 24.8 Å². The van der Waals surface area contributed by atoms with E-state index < -0.39 is 0 Å². The highest BCUT2D eigenvalue weighted by atomic mass is 19.1. The number of hydrogen-bond acceptors (Lipinski definition) is 3. The molecule has 2 unspecified atom stereocenters. The van der Waals surface area contributed by atoms with Gasteiger partial charge in [0.2, 0.25) is 0 Å². The Hall–Kier alpha value is -0.970. The van der Waals surface area contributed by atoms with Gasteiger partial charge in [-0.2, -0.15) is 0 Å². The van der Waals surface area contributed by atoms with E-state index in [1.165, 1.54) is 6.07 Å². The highest BCUT2D eigenvalue weighted by Crippen LogP contribution is 2.28. The van der Waals surface area contributed by atoms with Crippen molar-refractivity contribution in [3.63, 3.8) is 0 Å². The average Bonchev–Trinajstić information content (AvgIpc) is 2.46. The molecule has 2 rings (SSSR count). The predicted octanol–water partition coefficient (Wildman–Crippen LogP) is 2.80. The molecular weight excluding hydrogens is 245 g/mol. The third-order valence-corrected chi connectivity index (χ3v) is 3.58. The van der Waals surface area contributed by atoms with E-state index in [1.807, 2.05) is 13.0 Å². The van der Waals surface area contributed by atoms with Crippen LogP contribution in [0.5, 0.6) is 0 Å². The Kier molecular flexibility index (Phi) is 5.31. The van der Waals surface area contributed by atoms with Crippen molar-refractivity contribution < 1.29 is 13.9 Å². The van der Waals surface area contributed by atoms with Crippen LogP contribution in [0.1, 0.15) is 37.9 Å². The Balaban J connectivity index is 2.13. The van der Waals surface area contributed by atoms with Crippen molar-refractivity contribution in [1.29, 1.82) is 0 Å². The summed E-state index contributed by atoms with van der Waals surface area (Å²) in [6.45, 7) is 3.40. The van der Waals surface area contributed by atoms with Crippen molar-refractivity contribution in [2.45, 2.75) is 44.4 Å². The summed E-state index contributed by atoms with van der Waals surface area (Å²) in [5.41, 5.74) is 6.67. The van der Waals surface area contributed by atoms with Crippen LogP contribution in [0.25, 0.3) is 0 Å². The molecule has 106 valence electrons. The van der Waals surface area contributed by atoms with Crippen LogP contribution in [0.2, 0.25) is 0 Å². The van der Waals surface area contributed by atoms with E-state index in [0.29, 0.717) is 18.8 Å². The zero-order valence-corrected chi connectivity index (χ0v) is 11.3. The maximum atomic E-state index is 13.9. The fourth-order valence-corrected chi connectivity index (χ4v) is 2.34. The summed E-state index contributed by atoms with van der Waals surface area (Å²) in [5.74, 6) is -0.247.